The highest BCUT2D eigenvalue weighted by Gasteiger charge is 2.19. The molecule has 2 heterocycles. The van der Waals surface area contributed by atoms with E-state index in [1.54, 1.807) is 0 Å². The summed E-state index contributed by atoms with van der Waals surface area (Å²) >= 11 is 0. The van der Waals surface area contributed by atoms with Crippen molar-refractivity contribution in [2.75, 3.05) is 12.8 Å². The number of anilines is 1. The first-order chi connectivity index (χ1) is 9.61. The van der Waals surface area contributed by atoms with Crippen LogP contribution in [0.3, 0.4) is 0 Å². The van der Waals surface area contributed by atoms with Crippen LogP contribution in [0, 0.1) is 11.6 Å². The quantitative estimate of drug-likeness (QED) is 0.765. The molecule has 0 fully saturated rings. The third kappa shape index (κ3) is 1.81. The summed E-state index contributed by atoms with van der Waals surface area (Å²) in [7, 11) is 1.51. The number of nitrogens with zero attached hydrogens (tertiary/aromatic N) is 3. The van der Waals surface area contributed by atoms with Gasteiger partial charge >= 0.3 is 0 Å². The number of H-pyrrole nitrogens is 1. The number of hydrogen-bond donors (Lipinski definition) is 2. The zero-order valence-electron chi connectivity index (χ0n) is 10.5. The number of aromatic amines is 1. The fourth-order valence-electron chi connectivity index (χ4n) is 2.06. The Morgan fingerprint density at radius 3 is 2.90 bits per heavy atom. The van der Waals surface area contributed by atoms with E-state index in [1.165, 1.54) is 17.9 Å². The van der Waals surface area contributed by atoms with E-state index in [9.17, 15) is 8.78 Å². The zero-order valence-corrected chi connectivity index (χ0v) is 10.5. The number of aromatic nitrogens is 4. The molecule has 0 saturated heterocycles. The van der Waals surface area contributed by atoms with Gasteiger partial charge in [-0.05, 0) is 12.1 Å². The Balaban J connectivity index is 2.25. The average molecular weight is 279 g/mol. The lowest BCUT2D eigenvalue weighted by atomic mass is 10.3. The van der Waals surface area contributed by atoms with Crippen molar-refractivity contribution in [3.05, 3.63) is 35.5 Å². The van der Waals surface area contributed by atoms with E-state index in [0.717, 1.165) is 12.1 Å². The monoisotopic (exact) mass is 279 g/mol. The molecule has 8 heteroatoms. The lowest BCUT2D eigenvalue weighted by Gasteiger charge is -2.03. The normalized spacial score (nSPS) is 11.3. The maximum Gasteiger partial charge on any atom is 0.187 e. The predicted octanol–water partition coefficient (Wildman–Crippen LogP) is 1.76. The average Bonchev–Trinajstić information content (AvgIpc) is 2.93. The number of nitrogen functional groups attached to an aromatic ring is 1. The molecule has 0 aliphatic heterocycles. The van der Waals surface area contributed by atoms with Gasteiger partial charge in [-0.25, -0.2) is 13.5 Å². The minimum absolute atomic E-state index is 0.0882. The molecule has 3 rings (SSSR count). The minimum Gasteiger partial charge on any atom is -0.383 e. The summed E-state index contributed by atoms with van der Waals surface area (Å²) in [4.78, 5) is 0. The molecule has 1 aromatic carbocycles. The number of nitrogens with two attached hydrogens (primary N) is 1. The first-order valence-electron chi connectivity index (χ1n) is 5.77. The highest BCUT2D eigenvalue weighted by Crippen LogP contribution is 2.26. The molecule has 0 aliphatic carbocycles. The highest BCUT2D eigenvalue weighted by atomic mass is 19.1. The van der Waals surface area contributed by atoms with Crippen LogP contribution in [0.5, 0.6) is 0 Å². The molecule has 0 spiro atoms. The number of nitrogens with one attached hydrogen (secondary N) is 1. The fourth-order valence-corrected chi connectivity index (χ4v) is 2.06. The molecule has 0 aliphatic rings. The Morgan fingerprint density at radius 2 is 2.20 bits per heavy atom. The molecule has 3 aromatic rings. The lowest BCUT2D eigenvalue weighted by Crippen LogP contribution is -2.02. The molecule has 0 atom stereocenters. The summed E-state index contributed by atoms with van der Waals surface area (Å²) in [5, 5.41) is 11.4. The van der Waals surface area contributed by atoms with Gasteiger partial charge in [-0.1, -0.05) is 0 Å². The first-order valence-corrected chi connectivity index (χ1v) is 5.77. The fraction of sp³-hybridized carbons (Fsp3) is 0.167. The van der Waals surface area contributed by atoms with Crippen molar-refractivity contribution in [2.45, 2.75) is 6.61 Å². The molecule has 0 bridgehead atoms. The Labute approximate surface area is 112 Å². The Morgan fingerprint density at radius 1 is 1.40 bits per heavy atom. The predicted molar refractivity (Wildman–Crippen MR) is 68.3 cm³/mol. The first kappa shape index (κ1) is 12.5. The third-order valence-corrected chi connectivity index (χ3v) is 2.90. The van der Waals surface area contributed by atoms with E-state index >= 15 is 0 Å². The molecule has 2 aromatic heterocycles. The van der Waals surface area contributed by atoms with Crippen molar-refractivity contribution < 1.29 is 13.5 Å². The molecular weight excluding hydrogens is 268 g/mol. The standard InChI is InChI=1S/C12H11F2N5O/c1-20-5-8-10-11(15)16-17-12(10)19(18-8)9-3-2-6(13)4-7(9)14/h2-4H,5H2,1H3,(H3,15,16,17). The van der Waals surface area contributed by atoms with Crippen molar-refractivity contribution in [3.8, 4) is 5.69 Å². The Hall–Kier alpha value is -2.48. The second-order valence-electron chi connectivity index (χ2n) is 4.22. The van der Waals surface area contributed by atoms with Gasteiger partial charge in [0.2, 0.25) is 0 Å². The van der Waals surface area contributed by atoms with Crippen molar-refractivity contribution in [1.29, 1.82) is 0 Å². The third-order valence-electron chi connectivity index (χ3n) is 2.90. The highest BCUT2D eigenvalue weighted by molar-refractivity contribution is 5.89. The molecule has 0 unspecified atom stereocenters. The van der Waals surface area contributed by atoms with Gasteiger partial charge in [-0.2, -0.15) is 10.2 Å². The summed E-state index contributed by atoms with van der Waals surface area (Å²) in [5.41, 5.74) is 6.75. The molecule has 0 radical (unpaired) electrons. The number of methoxy groups -OCH3 is 1. The van der Waals surface area contributed by atoms with Gasteiger partial charge in [-0.15, -0.1) is 0 Å². The number of fused-ring (bicyclic) bond motifs is 1. The van der Waals surface area contributed by atoms with Crippen molar-refractivity contribution in [1.82, 2.24) is 20.0 Å². The maximum atomic E-state index is 13.9. The van der Waals surface area contributed by atoms with E-state index in [2.05, 4.69) is 15.3 Å². The molecule has 20 heavy (non-hydrogen) atoms. The van der Waals surface area contributed by atoms with Crippen LogP contribution in [0.15, 0.2) is 18.2 Å². The molecule has 3 N–H and O–H groups in total. The summed E-state index contributed by atoms with van der Waals surface area (Å²) in [5.74, 6) is -1.07. The summed E-state index contributed by atoms with van der Waals surface area (Å²) in [6, 6.07) is 3.23. The van der Waals surface area contributed by atoms with Crippen LogP contribution >= 0.6 is 0 Å². The van der Waals surface area contributed by atoms with E-state index in [-0.39, 0.29) is 12.3 Å². The molecule has 0 amide bonds. The van der Waals surface area contributed by atoms with Gasteiger partial charge < -0.3 is 10.5 Å². The van der Waals surface area contributed by atoms with Crippen LogP contribution in [0.1, 0.15) is 5.69 Å². The van der Waals surface area contributed by atoms with E-state index in [1.807, 2.05) is 0 Å². The number of halogens is 2. The van der Waals surface area contributed by atoms with Crippen molar-refractivity contribution >= 4 is 16.9 Å². The lowest BCUT2D eigenvalue weighted by molar-refractivity contribution is 0.182. The number of hydrogen-bond acceptors (Lipinski definition) is 4. The largest absolute Gasteiger partial charge is 0.383 e. The van der Waals surface area contributed by atoms with Gasteiger partial charge in [-0.3, -0.25) is 5.10 Å². The van der Waals surface area contributed by atoms with Gasteiger partial charge in [0.1, 0.15) is 23.0 Å². The second kappa shape index (κ2) is 4.57. The van der Waals surface area contributed by atoms with Crippen LogP contribution in [0.2, 0.25) is 0 Å². The zero-order chi connectivity index (χ0) is 14.3. The van der Waals surface area contributed by atoms with Crippen LogP contribution < -0.4 is 5.73 Å². The van der Waals surface area contributed by atoms with Crippen LogP contribution in [-0.4, -0.2) is 27.1 Å². The Kier molecular flexibility index (Phi) is 2.87. The maximum absolute atomic E-state index is 13.9. The molecule has 0 saturated carbocycles. The van der Waals surface area contributed by atoms with Crippen molar-refractivity contribution in [3.63, 3.8) is 0 Å². The number of rotatable bonds is 3. The molecule has 104 valence electrons. The van der Waals surface area contributed by atoms with Crippen LogP contribution in [-0.2, 0) is 11.3 Å². The summed E-state index contributed by atoms with van der Waals surface area (Å²) < 4.78 is 33.1. The SMILES string of the molecule is COCc1nn(-c2ccc(F)cc2F)c2n[nH]c(N)c12. The second-order valence-corrected chi connectivity index (χ2v) is 4.22. The Bertz CT molecular complexity index is 780. The van der Waals surface area contributed by atoms with Gasteiger partial charge in [0.25, 0.3) is 0 Å². The van der Waals surface area contributed by atoms with E-state index in [0.29, 0.717) is 22.5 Å². The number of ether oxygens (including phenoxy) is 1. The van der Waals surface area contributed by atoms with E-state index < -0.39 is 11.6 Å². The molecule has 6 nitrogen and oxygen atoms in total. The number of benzene rings is 1. The van der Waals surface area contributed by atoms with Gasteiger partial charge in [0.15, 0.2) is 11.5 Å². The van der Waals surface area contributed by atoms with Gasteiger partial charge in [0.05, 0.1) is 12.0 Å². The topological polar surface area (TPSA) is 81.8 Å². The van der Waals surface area contributed by atoms with Gasteiger partial charge in [0, 0.05) is 13.2 Å². The van der Waals surface area contributed by atoms with Crippen LogP contribution in [0.25, 0.3) is 16.7 Å². The molecular formula is C12H11F2N5O. The smallest absolute Gasteiger partial charge is 0.187 e. The summed E-state index contributed by atoms with van der Waals surface area (Å²) in [6.45, 7) is 0.204. The van der Waals surface area contributed by atoms with Crippen molar-refractivity contribution in [2.24, 2.45) is 0 Å². The summed E-state index contributed by atoms with van der Waals surface area (Å²) in [6.07, 6.45) is 0. The minimum atomic E-state index is -0.736. The van der Waals surface area contributed by atoms with E-state index in [4.69, 9.17) is 10.5 Å². The van der Waals surface area contributed by atoms with Crippen LogP contribution in [0.4, 0.5) is 14.6 Å².